The third-order valence-corrected chi connectivity index (χ3v) is 6.00. The van der Waals surface area contributed by atoms with Crippen molar-refractivity contribution < 1.29 is 19.1 Å². The van der Waals surface area contributed by atoms with Gasteiger partial charge in [0.25, 0.3) is 5.91 Å². The highest BCUT2D eigenvalue weighted by molar-refractivity contribution is 5.99. The van der Waals surface area contributed by atoms with Gasteiger partial charge in [-0.25, -0.2) is 4.79 Å². The molecule has 0 aliphatic carbocycles. The Bertz CT molecular complexity index is 1550. The molecule has 0 saturated heterocycles. The molecule has 0 bridgehead atoms. The number of aromatic nitrogens is 3. The summed E-state index contributed by atoms with van der Waals surface area (Å²) in [6.07, 6.45) is 3.71. The Morgan fingerprint density at radius 3 is 2.84 bits per heavy atom. The van der Waals surface area contributed by atoms with E-state index < -0.39 is 12.1 Å². The highest BCUT2D eigenvalue weighted by Crippen LogP contribution is 2.27. The average Bonchev–Trinajstić information content (AvgIpc) is 3.48. The quantitative estimate of drug-likeness (QED) is 0.279. The fourth-order valence-corrected chi connectivity index (χ4v) is 4.21. The zero-order valence-corrected chi connectivity index (χ0v) is 19.8. The fourth-order valence-electron chi connectivity index (χ4n) is 4.21. The summed E-state index contributed by atoms with van der Waals surface area (Å²) in [6, 6.07) is 13.3. The van der Waals surface area contributed by atoms with E-state index in [0.717, 1.165) is 27.7 Å². The number of hydrogen-bond donors (Lipinski definition) is 3. The van der Waals surface area contributed by atoms with Gasteiger partial charge >= 0.3 is 6.03 Å². The second-order valence-electron chi connectivity index (χ2n) is 8.33. The number of amides is 4. The highest BCUT2D eigenvalue weighted by Gasteiger charge is 2.29. The van der Waals surface area contributed by atoms with Gasteiger partial charge in [0, 0.05) is 41.0 Å². The van der Waals surface area contributed by atoms with E-state index in [9.17, 15) is 14.4 Å². The van der Waals surface area contributed by atoms with Crippen molar-refractivity contribution in [3.63, 3.8) is 0 Å². The van der Waals surface area contributed by atoms with Gasteiger partial charge in [-0.15, -0.1) is 0 Å². The first-order chi connectivity index (χ1) is 18.1. The molecule has 1 aliphatic heterocycles. The summed E-state index contributed by atoms with van der Waals surface area (Å²) in [5.74, 6) is 6.50. The van der Waals surface area contributed by atoms with Crippen molar-refractivity contribution >= 4 is 29.3 Å². The number of hydrogen-bond acceptors (Lipinski definition) is 6. The van der Waals surface area contributed by atoms with Gasteiger partial charge in [0.2, 0.25) is 6.41 Å². The van der Waals surface area contributed by atoms with Crippen LogP contribution in [0.25, 0.3) is 22.2 Å². The zero-order chi connectivity index (χ0) is 25.8. The SMILES string of the molecule is COc1ccc2c(c1)C(=O)N(C[C@@H](C#Cc1ccc3c(-c4ccncc4)n[nH]c3c1)NC(=O)NC=O)C2. The fraction of sp³-hybridized carbons (Fsp3) is 0.148. The molecule has 10 nitrogen and oxygen atoms in total. The summed E-state index contributed by atoms with van der Waals surface area (Å²) < 4.78 is 5.23. The van der Waals surface area contributed by atoms with Gasteiger partial charge in [-0.1, -0.05) is 17.9 Å². The zero-order valence-electron chi connectivity index (χ0n) is 19.8. The first-order valence-electron chi connectivity index (χ1n) is 11.4. The van der Waals surface area contributed by atoms with Crippen LogP contribution in [-0.2, 0) is 11.3 Å². The van der Waals surface area contributed by atoms with Crippen molar-refractivity contribution in [1.29, 1.82) is 0 Å². The molecule has 3 N–H and O–H groups in total. The summed E-state index contributed by atoms with van der Waals surface area (Å²) in [5.41, 5.74) is 4.68. The Morgan fingerprint density at radius 1 is 1.22 bits per heavy atom. The highest BCUT2D eigenvalue weighted by atomic mass is 16.5. The van der Waals surface area contributed by atoms with Gasteiger partial charge in [-0.05, 0) is 48.0 Å². The Hall–Kier alpha value is -5.17. The molecular formula is C27H22N6O4. The van der Waals surface area contributed by atoms with Gasteiger partial charge in [0.15, 0.2) is 0 Å². The normalized spacial score (nSPS) is 12.9. The predicted octanol–water partition coefficient (Wildman–Crippen LogP) is 2.47. The lowest BCUT2D eigenvalue weighted by Crippen LogP contribution is -2.46. The van der Waals surface area contributed by atoms with Crippen molar-refractivity contribution in [2.75, 3.05) is 13.7 Å². The number of carbonyl (C=O) groups is 3. The van der Waals surface area contributed by atoms with Crippen LogP contribution >= 0.6 is 0 Å². The third-order valence-electron chi connectivity index (χ3n) is 6.00. The number of pyridine rings is 1. The van der Waals surface area contributed by atoms with E-state index >= 15 is 0 Å². The molecule has 3 heterocycles. The molecule has 0 radical (unpaired) electrons. The van der Waals surface area contributed by atoms with Crippen molar-refractivity contribution in [1.82, 2.24) is 30.7 Å². The van der Waals surface area contributed by atoms with Crippen LogP contribution in [0.4, 0.5) is 4.79 Å². The van der Waals surface area contributed by atoms with E-state index in [4.69, 9.17) is 4.74 Å². The third kappa shape index (κ3) is 4.97. The molecule has 1 aliphatic rings. The largest absolute Gasteiger partial charge is 0.497 e. The van der Waals surface area contributed by atoms with Crippen molar-refractivity contribution in [2.24, 2.45) is 0 Å². The van der Waals surface area contributed by atoms with Crippen LogP contribution < -0.4 is 15.4 Å². The van der Waals surface area contributed by atoms with Gasteiger partial charge in [0.1, 0.15) is 17.5 Å². The number of methoxy groups -OCH3 is 1. The first kappa shape index (κ1) is 23.6. The number of nitrogens with zero attached hydrogens (tertiary/aromatic N) is 3. The first-order valence-corrected chi connectivity index (χ1v) is 11.4. The van der Waals surface area contributed by atoms with Crippen LogP contribution in [0.15, 0.2) is 60.9 Å². The molecule has 0 spiro atoms. The minimum atomic E-state index is -0.732. The van der Waals surface area contributed by atoms with Gasteiger partial charge < -0.3 is 15.0 Å². The molecule has 2 aromatic heterocycles. The number of benzene rings is 2. The number of fused-ring (bicyclic) bond motifs is 2. The van der Waals surface area contributed by atoms with Crippen LogP contribution in [-0.4, -0.2) is 58.1 Å². The summed E-state index contributed by atoms with van der Waals surface area (Å²) in [4.78, 5) is 41.4. The predicted molar refractivity (Wildman–Crippen MR) is 135 cm³/mol. The van der Waals surface area contributed by atoms with E-state index in [1.165, 1.54) is 0 Å². The molecule has 2 aromatic carbocycles. The summed E-state index contributed by atoms with van der Waals surface area (Å²) in [6.45, 7) is 0.513. The lowest BCUT2D eigenvalue weighted by Gasteiger charge is -2.21. The topological polar surface area (TPSA) is 129 Å². The number of carbonyl (C=O) groups excluding carboxylic acids is 3. The van der Waals surface area contributed by atoms with Crippen LogP contribution in [0.2, 0.25) is 0 Å². The average molecular weight is 495 g/mol. The second-order valence-corrected chi connectivity index (χ2v) is 8.33. The molecule has 37 heavy (non-hydrogen) atoms. The lowest BCUT2D eigenvalue weighted by molar-refractivity contribution is -0.108. The van der Waals surface area contributed by atoms with Crippen molar-refractivity contribution in [2.45, 2.75) is 12.6 Å². The number of urea groups is 1. The maximum Gasteiger partial charge on any atom is 0.322 e. The molecule has 4 amide bonds. The van der Waals surface area contributed by atoms with Crippen molar-refractivity contribution in [3.8, 4) is 28.8 Å². The number of H-pyrrole nitrogens is 1. The molecule has 184 valence electrons. The Labute approximate surface area is 212 Å². The Kier molecular flexibility index (Phi) is 6.50. The van der Waals surface area contributed by atoms with Gasteiger partial charge in [0.05, 0.1) is 19.2 Å². The van der Waals surface area contributed by atoms with Crippen LogP contribution in [0.3, 0.4) is 0 Å². The van der Waals surface area contributed by atoms with Gasteiger partial charge in [-0.2, -0.15) is 5.10 Å². The van der Waals surface area contributed by atoms with Crippen molar-refractivity contribution in [3.05, 3.63) is 77.6 Å². The number of rotatable bonds is 6. The number of imide groups is 1. The standard InChI is InChI=1S/C27H22N6O4/c1-37-21-6-4-19-14-33(26(35)23(19)13-21)15-20(30-27(36)29-16-34)5-2-17-3-7-22-24(12-17)31-32-25(22)18-8-10-28-11-9-18/h3-4,6-13,16,20H,14-15H2,1H3,(H,31,32)(H2,29,30,34,36)/t20-/m1/s1. The van der Waals surface area contributed by atoms with Crippen LogP contribution in [0.1, 0.15) is 21.5 Å². The summed E-state index contributed by atoms with van der Waals surface area (Å²) >= 11 is 0. The van der Waals surface area contributed by atoms with E-state index in [2.05, 4.69) is 32.3 Å². The monoisotopic (exact) mass is 494 g/mol. The summed E-state index contributed by atoms with van der Waals surface area (Å²) in [7, 11) is 1.54. The molecule has 0 unspecified atom stereocenters. The van der Waals surface area contributed by atoms with Crippen LogP contribution in [0, 0.1) is 11.8 Å². The molecule has 4 aromatic rings. The molecule has 1 atom stereocenters. The molecule has 10 heteroatoms. The molecule has 0 fully saturated rings. The molecule has 5 rings (SSSR count). The maximum atomic E-state index is 13.0. The van der Waals surface area contributed by atoms with E-state index in [0.29, 0.717) is 23.4 Å². The van der Waals surface area contributed by atoms with E-state index in [1.807, 2.05) is 41.7 Å². The van der Waals surface area contributed by atoms with Crippen LogP contribution in [0.5, 0.6) is 5.75 Å². The number of nitrogens with one attached hydrogen (secondary N) is 3. The second kappa shape index (κ2) is 10.2. The minimum absolute atomic E-state index is 0.133. The smallest absolute Gasteiger partial charge is 0.322 e. The number of aromatic amines is 1. The Balaban J connectivity index is 1.38. The molecular weight excluding hydrogens is 472 g/mol. The Morgan fingerprint density at radius 2 is 2.05 bits per heavy atom. The molecule has 0 saturated carbocycles. The number of ether oxygens (including phenoxy) is 1. The minimum Gasteiger partial charge on any atom is -0.497 e. The lowest BCUT2D eigenvalue weighted by atomic mass is 10.1. The van der Waals surface area contributed by atoms with E-state index in [-0.39, 0.29) is 18.9 Å². The van der Waals surface area contributed by atoms with Gasteiger partial charge in [-0.3, -0.25) is 25.0 Å². The maximum absolute atomic E-state index is 13.0. The summed E-state index contributed by atoms with van der Waals surface area (Å²) in [5, 5.41) is 13.1. The van der Waals surface area contributed by atoms with E-state index in [1.54, 1.807) is 36.5 Å².